The van der Waals surface area contributed by atoms with Crippen LogP contribution in [0.3, 0.4) is 0 Å². The van der Waals surface area contributed by atoms with E-state index in [-0.39, 0.29) is 24.8 Å². The van der Waals surface area contributed by atoms with E-state index in [2.05, 4.69) is 35.1 Å². The highest BCUT2D eigenvalue weighted by molar-refractivity contribution is 7.19. The van der Waals surface area contributed by atoms with Gasteiger partial charge in [0.25, 0.3) is 0 Å². The Morgan fingerprint density at radius 2 is 2.12 bits per heavy atom. The lowest BCUT2D eigenvalue weighted by molar-refractivity contribution is -0.133. The van der Waals surface area contributed by atoms with Crippen LogP contribution in [0.25, 0.3) is 15.8 Å². The number of rotatable bonds is 6. The minimum atomic E-state index is -0.250. The van der Waals surface area contributed by atoms with E-state index in [1.807, 2.05) is 12.2 Å². The lowest BCUT2D eigenvalue weighted by atomic mass is 9.75. The van der Waals surface area contributed by atoms with Crippen LogP contribution in [0.2, 0.25) is 0 Å². The monoisotopic (exact) mass is 462 g/mol. The van der Waals surface area contributed by atoms with E-state index in [1.165, 1.54) is 34.6 Å². The van der Waals surface area contributed by atoms with Crippen molar-refractivity contribution in [2.24, 2.45) is 5.92 Å². The Morgan fingerprint density at radius 1 is 1.24 bits per heavy atom. The van der Waals surface area contributed by atoms with Crippen molar-refractivity contribution in [1.82, 2.24) is 10.3 Å². The van der Waals surface area contributed by atoms with Gasteiger partial charge in [0.1, 0.15) is 10.8 Å². The second-order valence-electron chi connectivity index (χ2n) is 8.42. The minimum absolute atomic E-state index is 0.198. The van der Waals surface area contributed by atoms with E-state index in [0.717, 1.165) is 45.3 Å². The minimum Gasteiger partial charge on any atom is -0.454 e. The Bertz CT molecular complexity index is 1300. The zero-order valence-corrected chi connectivity index (χ0v) is 18.7. The summed E-state index contributed by atoms with van der Waals surface area (Å²) in [6, 6.07) is 9.09. The van der Waals surface area contributed by atoms with Crippen molar-refractivity contribution < 1.29 is 18.6 Å². The van der Waals surface area contributed by atoms with Gasteiger partial charge in [0, 0.05) is 24.1 Å². The fourth-order valence-electron chi connectivity index (χ4n) is 4.77. The van der Waals surface area contributed by atoms with Gasteiger partial charge in [0.15, 0.2) is 11.5 Å². The first kappa shape index (κ1) is 20.6. The summed E-state index contributed by atoms with van der Waals surface area (Å²) >= 11 is 1.48. The maximum Gasteiger partial charge on any atom is 0.231 e. The number of halogens is 1. The normalized spacial score (nSPS) is 23.4. The van der Waals surface area contributed by atoms with Gasteiger partial charge in [0.05, 0.1) is 22.9 Å². The van der Waals surface area contributed by atoms with Gasteiger partial charge >= 0.3 is 0 Å². The Hall–Kier alpha value is -3.00. The average molecular weight is 463 g/mol. The third kappa shape index (κ3) is 3.76. The van der Waals surface area contributed by atoms with Crippen molar-refractivity contribution in [2.45, 2.75) is 18.6 Å². The summed E-state index contributed by atoms with van der Waals surface area (Å²) in [6.07, 6.45) is 8.97. The maximum atomic E-state index is 13.6. The number of benzene rings is 2. The van der Waals surface area contributed by atoms with Crippen molar-refractivity contribution in [3.8, 4) is 11.5 Å². The van der Waals surface area contributed by atoms with Crippen LogP contribution in [-0.4, -0.2) is 31.0 Å². The molecule has 3 aliphatic rings. The smallest absolute Gasteiger partial charge is 0.231 e. The molecule has 33 heavy (non-hydrogen) atoms. The largest absolute Gasteiger partial charge is 0.454 e. The molecule has 1 fully saturated rings. The molecule has 5 nitrogen and oxygen atoms in total. The molecule has 0 saturated carbocycles. The van der Waals surface area contributed by atoms with Gasteiger partial charge < -0.3 is 19.5 Å². The number of aromatic nitrogens is 1. The predicted octanol–water partition coefficient (Wildman–Crippen LogP) is 5.19. The Labute approximate surface area is 195 Å². The van der Waals surface area contributed by atoms with Crippen LogP contribution < -0.4 is 14.8 Å². The molecule has 3 aromatic rings. The molecule has 2 aromatic carbocycles. The molecule has 0 spiro atoms. The highest BCUT2D eigenvalue weighted by Gasteiger charge is 2.44. The number of hydrogen-bond acceptors (Lipinski definition) is 6. The molecule has 3 atom stereocenters. The molecule has 6 rings (SSSR count). The van der Waals surface area contributed by atoms with E-state index in [4.69, 9.17) is 14.2 Å². The van der Waals surface area contributed by atoms with E-state index in [1.54, 1.807) is 12.1 Å². The van der Waals surface area contributed by atoms with Crippen LogP contribution in [0.5, 0.6) is 11.5 Å². The summed E-state index contributed by atoms with van der Waals surface area (Å²) in [6.45, 7) is 5.57. The summed E-state index contributed by atoms with van der Waals surface area (Å²) in [7, 11) is 0. The fourth-order valence-corrected chi connectivity index (χ4v) is 5.76. The average Bonchev–Trinajstić information content (AvgIpc) is 3.42. The second kappa shape index (κ2) is 8.41. The summed E-state index contributed by atoms with van der Waals surface area (Å²) in [5, 5.41) is 4.54. The van der Waals surface area contributed by atoms with Gasteiger partial charge in [-0.3, -0.25) is 0 Å². The van der Waals surface area contributed by atoms with Gasteiger partial charge in [-0.15, -0.1) is 11.3 Å². The van der Waals surface area contributed by atoms with Crippen LogP contribution in [0.4, 0.5) is 4.39 Å². The van der Waals surface area contributed by atoms with Gasteiger partial charge in [-0.2, -0.15) is 0 Å². The van der Waals surface area contributed by atoms with Crippen LogP contribution in [-0.2, 0) is 11.2 Å². The molecule has 2 aliphatic heterocycles. The fraction of sp³-hybridized carbons (Fsp3) is 0.269. The standard InChI is InChI=1S/C26H23FN2O3S/c1-2-4-15(26-29-20-7-6-17(27)11-24(20)33-26)5-3-8-28-25-18-12-23-22(31-14-32-23)10-16(18)9-21-19(25)13-30-21/h2-7,10-12,19,21,25,28H,1,8-9,13-14H2/b5-3-,15-4+. The summed E-state index contributed by atoms with van der Waals surface area (Å²) < 4.78 is 31.4. The number of fused-ring (bicyclic) bond motifs is 4. The Morgan fingerprint density at radius 3 is 2.94 bits per heavy atom. The highest BCUT2D eigenvalue weighted by atomic mass is 32.1. The van der Waals surface area contributed by atoms with E-state index in [9.17, 15) is 4.39 Å². The molecule has 1 saturated heterocycles. The van der Waals surface area contributed by atoms with Gasteiger partial charge in [0.2, 0.25) is 6.79 Å². The molecule has 1 aliphatic carbocycles. The molecule has 168 valence electrons. The third-order valence-electron chi connectivity index (χ3n) is 6.45. The Kier molecular flexibility index (Phi) is 5.25. The van der Waals surface area contributed by atoms with Crippen molar-refractivity contribution in [1.29, 1.82) is 0 Å². The van der Waals surface area contributed by atoms with E-state index in [0.29, 0.717) is 12.5 Å². The van der Waals surface area contributed by atoms with Crippen LogP contribution >= 0.6 is 11.3 Å². The molecule has 3 unspecified atom stereocenters. The quantitative estimate of drug-likeness (QED) is 0.511. The number of allylic oxidation sites excluding steroid dienone is 4. The van der Waals surface area contributed by atoms with Crippen LogP contribution in [0.15, 0.2) is 61.2 Å². The summed E-state index contributed by atoms with van der Waals surface area (Å²) in [5.41, 5.74) is 4.28. The van der Waals surface area contributed by atoms with Gasteiger partial charge in [-0.05, 0) is 47.9 Å². The van der Waals surface area contributed by atoms with Crippen molar-refractivity contribution >= 4 is 27.1 Å². The topological polar surface area (TPSA) is 52.6 Å². The lowest BCUT2D eigenvalue weighted by Crippen LogP contribution is -2.51. The first-order valence-corrected chi connectivity index (χ1v) is 11.8. The molecular weight excluding hydrogens is 439 g/mol. The van der Waals surface area contributed by atoms with Crippen molar-refractivity contribution in [3.05, 3.63) is 83.2 Å². The predicted molar refractivity (Wildman–Crippen MR) is 127 cm³/mol. The molecule has 7 heteroatoms. The van der Waals surface area contributed by atoms with Crippen molar-refractivity contribution in [2.75, 3.05) is 19.9 Å². The van der Waals surface area contributed by atoms with Gasteiger partial charge in [-0.25, -0.2) is 9.37 Å². The maximum absolute atomic E-state index is 13.6. The van der Waals surface area contributed by atoms with Crippen molar-refractivity contribution in [3.63, 3.8) is 0 Å². The molecule has 3 heterocycles. The summed E-state index contributed by atoms with van der Waals surface area (Å²) in [5.74, 6) is 1.84. The number of nitrogens with zero attached hydrogens (tertiary/aromatic N) is 1. The first-order chi connectivity index (χ1) is 16.2. The van der Waals surface area contributed by atoms with E-state index < -0.39 is 0 Å². The number of hydrogen-bond donors (Lipinski definition) is 1. The molecule has 1 N–H and O–H groups in total. The molecular formula is C26H23FN2O3S. The number of nitrogens with one attached hydrogen (secondary N) is 1. The molecule has 1 aromatic heterocycles. The summed E-state index contributed by atoms with van der Waals surface area (Å²) in [4.78, 5) is 4.66. The second-order valence-corrected chi connectivity index (χ2v) is 9.45. The zero-order chi connectivity index (χ0) is 22.4. The first-order valence-electron chi connectivity index (χ1n) is 11.0. The molecule has 0 amide bonds. The van der Waals surface area contributed by atoms with Crippen LogP contribution in [0, 0.1) is 11.7 Å². The van der Waals surface area contributed by atoms with E-state index >= 15 is 0 Å². The zero-order valence-electron chi connectivity index (χ0n) is 17.9. The highest BCUT2D eigenvalue weighted by Crippen LogP contribution is 2.46. The Balaban J connectivity index is 1.20. The third-order valence-corrected chi connectivity index (χ3v) is 7.51. The molecule has 0 radical (unpaired) electrons. The lowest BCUT2D eigenvalue weighted by Gasteiger charge is -2.46. The van der Waals surface area contributed by atoms with Gasteiger partial charge in [-0.1, -0.05) is 30.9 Å². The number of ether oxygens (including phenoxy) is 3. The SMILES string of the molecule is C=C/C=C(\C=C/CNC1c2cc3c(cc2CC2OCC21)OCO3)c1nc2ccc(F)cc2s1. The molecule has 0 bridgehead atoms. The number of thiazole rings is 1. The van der Waals surface area contributed by atoms with Crippen LogP contribution in [0.1, 0.15) is 22.2 Å².